The van der Waals surface area contributed by atoms with Gasteiger partial charge in [-0.25, -0.2) is 4.39 Å². The standard InChI is InChI=1S/C13H16FNO3S/c1-8(2)15(7-12(16)17)13(18)9-4-5-10(14)11(6-9)19-3/h4-6,8H,7H2,1-3H3,(H,16,17). The molecule has 0 saturated carbocycles. The average Bonchev–Trinajstić information content (AvgIpc) is 2.35. The molecule has 0 fully saturated rings. The number of benzene rings is 1. The molecule has 0 aliphatic carbocycles. The molecular formula is C13H16FNO3S. The topological polar surface area (TPSA) is 57.6 Å². The van der Waals surface area contributed by atoms with Crippen molar-refractivity contribution in [1.82, 2.24) is 4.90 Å². The van der Waals surface area contributed by atoms with Gasteiger partial charge in [0.15, 0.2) is 0 Å². The lowest BCUT2D eigenvalue weighted by atomic mass is 10.1. The van der Waals surface area contributed by atoms with Gasteiger partial charge in [-0.1, -0.05) is 0 Å². The van der Waals surface area contributed by atoms with Gasteiger partial charge in [0.05, 0.1) is 0 Å². The molecule has 0 bridgehead atoms. The van der Waals surface area contributed by atoms with Crippen LogP contribution in [0.2, 0.25) is 0 Å². The zero-order valence-corrected chi connectivity index (χ0v) is 11.8. The molecule has 0 heterocycles. The molecule has 0 aliphatic heterocycles. The number of nitrogens with zero attached hydrogens (tertiary/aromatic N) is 1. The van der Waals surface area contributed by atoms with E-state index in [0.717, 1.165) is 0 Å². The van der Waals surface area contributed by atoms with Gasteiger partial charge in [-0.15, -0.1) is 11.8 Å². The molecule has 0 atom stereocenters. The minimum absolute atomic E-state index is 0.244. The third kappa shape index (κ3) is 3.96. The van der Waals surface area contributed by atoms with E-state index in [9.17, 15) is 14.0 Å². The second-order valence-electron chi connectivity index (χ2n) is 4.27. The van der Waals surface area contributed by atoms with Crippen molar-refractivity contribution in [1.29, 1.82) is 0 Å². The fourth-order valence-corrected chi connectivity index (χ4v) is 2.10. The second kappa shape index (κ2) is 6.56. The van der Waals surface area contributed by atoms with E-state index in [-0.39, 0.29) is 12.6 Å². The Labute approximate surface area is 115 Å². The second-order valence-corrected chi connectivity index (χ2v) is 5.12. The number of carboxylic acid groups (broad SMARTS) is 1. The third-order valence-corrected chi connectivity index (χ3v) is 3.34. The molecular weight excluding hydrogens is 269 g/mol. The van der Waals surface area contributed by atoms with Crippen molar-refractivity contribution in [3.05, 3.63) is 29.6 Å². The summed E-state index contributed by atoms with van der Waals surface area (Å²) in [6.07, 6.45) is 1.71. The van der Waals surface area contributed by atoms with Crippen molar-refractivity contribution in [3.8, 4) is 0 Å². The van der Waals surface area contributed by atoms with E-state index in [2.05, 4.69) is 0 Å². The van der Waals surface area contributed by atoms with Crippen molar-refractivity contribution in [2.24, 2.45) is 0 Å². The first-order valence-electron chi connectivity index (χ1n) is 5.73. The molecule has 1 aromatic rings. The van der Waals surface area contributed by atoms with E-state index < -0.39 is 17.7 Å². The molecule has 4 nitrogen and oxygen atoms in total. The summed E-state index contributed by atoms with van der Waals surface area (Å²) in [7, 11) is 0. The van der Waals surface area contributed by atoms with Crippen LogP contribution < -0.4 is 0 Å². The summed E-state index contributed by atoms with van der Waals surface area (Å²) >= 11 is 1.20. The fraction of sp³-hybridized carbons (Fsp3) is 0.385. The maximum Gasteiger partial charge on any atom is 0.323 e. The number of carbonyl (C=O) groups excluding carboxylic acids is 1. The predicted molar refractivity (Wildman–Crippen MR) is 72.0 cm³/mol. The lowest BCUT2D eigenvalue weighted by Crippen LogP contribution is -2.40. The molecule has 0 spiro atoms. The smallest absolute Gasteiger partial charge is 0.323 e. The van der Waals surface area contributed by atoms with Gasteiger partial charge in [-0.3, -0.25) is 9.59 Å². The maximum atomic E-state index is 13.4. The van der Waals surface area contributed by atoms with Crippen LogP contribution in [0.4, 0.5) is 4.39 Å². The summed E-state index contributed by atoms with van der Waals surface area (Å²) in [5.41, 5.74) is 0.292. The molecule has 0 aromatic heterocycles. The van der Waals surface area contributed by atoms with Crippen LogP contribution in [-0.2, 0) is 4.79 Å². The first kappa shape index (κ1) is 15.5. The van der Waals surface area contributed by atoms with Gasteiger partial charge in [-0.05, 0) is 38.3 Å². The number of hydrogen-bond acceptors (Lipinski definition) is 3. The largest absolute Gasteiger partial charge is 0.480 e. The van der Waals surface area contributed by atoms with Crippen molar-refractivity contribution in [2.75, 3.05) is 12.8 Å². The third-order valence-electron chi connectivity index (χ3n) is 2.59. The first-order chi connectivity index (χ1) is 8.86. The normalized spacial score (nSPS) is 10.6. The molecule has 0 radical (unpaired) electrons. The van der Waals surface area contributed by atoms with E-state index in [4.69, 9.17) is 5.11 Å². The summed E-state index contributed by atoms with van der Waals surface area (Å²) in [4.78, 5) is 24.6. The van der Waals surface area contributed by atoms with Gasteiger partial charge in [-0.2, -0.15) is 0 Å². The fourth-order valence-electron chi connectivity index (χ4n) is 1.59. The Hall–Kier alpha value is -1.56. The number of hydrogen-bond donors (Lipinski definition) is 1. The monoisotopic (exact) mass is 285 g/mol. The van der Waals surface area contributed by atoms with Crippen LogP contribution in [0, 0.1) is 5.82 Å². The molecule has 104 valence electrons. The van der Waals surface area contributed by atoms with Gasteiger partial charge in [0.1, 0.15) is 12.4 Å². The summed E-state index contributed by atoms with van der Waals surface area (Å²) < 4.78 is 13.4. The number of halogens is 1. The number of carboxylic acids is 1. The van der Waals surface area contributed by atoms with Crippen molar-refractivity contribution in [2.45, 2.75) is 24.8 Å². The number of aliphatic carboxylic acids is 1. The van der Waals surface area contributed by atoms with Crippen molar-refractivity contribution < 1.29 is 19.1 Å². The minimum atomic E-state index is -1.07. The number of carbonyl (C=O) groups is 2. The molecule has 0 saturated heterocycles. The molecule has 1 N–H and O–H groups in total. The minimum Gasteiger partial charge on any atom is -0.480 e. The highest BCUT2D eigenvalue weighted by Gasteiger charge is 2.22. The zero-order chi connectivity index (χ0) is 14.6. The predicted octanol–water partition coefficient (Wildman–Crippen LogP) is 2.48. The number of thioether (sulfide) groups is 1. The Morgan fingerprint density at radius 3 is 2.53 bits per heavy atom. The van der Waals surface area contributed by atoms with E-state index in [1.807, 2.05) is 0 Å². The Morgan fingerprint density at radius 1 is 1.42 bits per heavy atom. The van der Waals surface area contributed by atoms with Crippen LogP contribution in [-0.4, -0.2) is 40.7 Å². The SMILES string of the molecule is CSc1cc(C(=O)N(CC(=O)O)C(C)C)ccc1F. The molecule has 6 heteroatoms. The van der Waals surface area contributed by atoms with Gasteiger partial charge >= 0.3 is 5.97 Å². The van der Waals surface area contributed by atoms with Crippen molar-refractivity contribution in [3.63, 3.8) is 0 Å². The van der Waals surface area contributed by atoms with Gasteiger partial charge in [0, 0.05) is 16.5 Å². The van der Waals surface area contributed by atoms with Crippen LogP contribution in [0.5, 0.6) is 0 Å². The van der Waals surface area contributed by atoms with Gasteiger partial charge in [0.2, 0.25) is 0 Å². The van der Waals surface area contributed by atoms with Gasteiger partial charge in [0.25, 0.3) is 5.91 Å². The van der Waals surface area contributed by atoms with Gasteiger partial charge < -0.3 is 10.0 Å². The Balaban J connectivity index is 3.06. The van der Waals surface area contributed by atoms with Crippen LogP contribution in [0.25, 0.3) is 0 Å². The van der Waals surface area contributed by atoms with Crippen LogP contribution in [0.15, 0.2) is 23.1 Å². The maximum absolute atomic E-state index is 13.4. The average molecular weight is 285 g/mol. The quantitative estimate of drug-likeness (QED) is 0.844. The van der Waals surface area contributed by atoms with Crippen LogP contribution in [0.3, 0.4) is 0 Å². The highest BCUT2D eigenvalue weighted by atomic mass is 32.2. The lowest BCUT2D eigenvalue weighted by molar-refractivity contribution is -0.138. The van der Waals surface area contributed by atoms with Crippen LogP contribution in [0.1, 0.15) is 24.2 Å². The van der Waals surface area contributed by atoms with E-state index >= 15 is 0 Å². The summed E-state index contributed by atoms with van der Waals surface area (Å²) in [5, 5.41) is 8.82. The van der Waals surface area contributed by atoms with E-state index in [0.29, 0.717) is 10.5 Å². The zero-order valence-electron chi connectivity index (χ0n) is 11.0. The molecule has 1 aromatic carbocycles. The highest BCUT2D eigenvalue weighted by molar-refractivity contribution is 7.98. The highest BCUT2D eigenvalue weighted by Crippen LogP contribution is 2.21. The molecule has 1 rings (SSSR count). The van der Waals surface area contributed by atoms with Crippen LogP contribution >= 0.6 is 11.8 Å². The lowest BCUT2D eigenvalue weighted by Gasteiger charge is -2.25. The molecule has 19 heavy (non-hydrogen) atoms. The van der Waals surface area contributed by atoms with Crippen molar-refractivity contribution >= 4 is 23.6 Å². The Kier molecular flexibility index (Phi) is 5.35. The van der Waals surface area contributed by atoms with E-state index in [1.165, 1.54) is 34.9 Å². The Morgan fingerprint density at radius 2 is 2.05 bits per heavy atom. The Bertz CT molecular complexity index is 491. The summed E-state index contributed by atoms with van der Waals surface area (Å²) in [5.74, 6) is -1.87. The molecule has 0 unspecified atom stereocenters. The molecule has 1 amide bonds. The number of amides is 1. The summed E-state index contributed by atoms with van der Waals surface area (Å²) in [6, 6.07) is 3.79. The van der Waals surface area contributed by atoms with E-state index in [1.54, 1.807) is 20.1 Å². The molecule has 0 aliphatic rings. The first-order valence-corrected chi connectivity index (χ1v) is 6.95. The summed E-state index contributed by atoms with van der Waals surface area (Å²) in [6.45, 7) is 3.10. The number of rotatable bonds is 5.